The summed E-state index contributed by atoms with van der Waals surface area (Å²) < 4.78 is 1.81. The molecule has 2 N–H and O–H groups in total. The minimum Gasteiger partial charge on any atom is -0.348 e. The predicted octanol–water partition coefficient (Wildman–Crippen LogP) is 2.99. The standard InChI is InChI=1S/C19H26N4O.ClH/c1-13-5-7-15(8-6-13)23-12-16(17(22-23)19(2,3)4)18(24)21-14-9-10-20-11-14;/h5-8,12,14,20H,9-11H2,1-4H3,(H,21,24);1H. The summed E-state index contributed by atoms with van der Waals surface area (Å²) in [7, 11) is 0. The van der Waals surface area contributed by atoms with Crippen LogP contribution >= 0.6 is 12.4 Å². The molecule has 1 aromatic carbocycles. The summed E-state index contributed by atoms with van der Waals surface area (Å²) in [5.74, 6) is -0.0352. The molecule has 1 atom stereocenters. The van der Waals surface area contributed by atoms with Crippen LogP contribution in [0.1, 0.15) is 48.8 Å². The third kappa shape index (κ3) is 4.41. The number of carbonyl (C=O) groups is 1. The van der Waals surface area contributed by atoms with Gasteiger partial charge in [-0.25, -0.2) is 4.68 Å². The summed E-state index contributed by atoms with van der Waals surface area (Å²) in [4.78, 5) is 12.8. The number of hydrogen-bond donors (Lipinski definition) is 2. The molecule has 0 bridgehead atoms. The number of amides is 1. The fourth-order valence-corrected chi connectivity index (χ4v) is 2.96. The van der Waals surface area contributed by atoms with E-state index in [1.165, 1.54) is 5.56 Å². The minimum absolute atomic E-state index is 0. The SMILES string of the molecule is Cc1ccc(-n2cc(C(=O)NC3CCNC3)c(C(C)(C)C)n2)cc1.Cl. The Balaban J connectivity index is 0.00000225. The van der Waals surface area contributed by atoms with Crippen LogP contribution in [0.2, 0.25) is 0 Å². The van der Waals surface area contributed by atoms with E-state index in [0.717, 1.165) is 30.9 Å². The lowest BCUT2D eigenvalue weighted by Crippen LogP contribution is -2.37. The number of carbonyl (C=O) groups excluding carboxylic acids is 1. The van der Waals surface area contributed by atoms with Crippen molar-refractivity contribution in [3.63, 3.8) is 0 Å². The summed E-state index contributed by atoms with van der Waals surface area (Å²) in [5, 5.41) is 11.1. The number of hydrogen-bond acceptors (Lipinski definition) is 3. The van der Waals surface area contributed by atoms with Crippen molar-refractivity contribution in [2.75, 3.05) is 13.1 Å². The number of halogens is 1. The van der Waals surface area contributed by atoms with Gasteiger partial charge in [0.25, 0.3) is 5.91 Å². The fourth-order valence-electron chi connectivity index (χ4n) is 2.96. The van der Waals surface area contributed by atoms with Crippen LogP contribution in [0.5, 0.6) is 0 Å². The number of benzene rings is 1. The van der Waals surface area contributed by atoms with E-state index in [-0.39, 0.29) is 29.8 Å². The van der Waals surface area contributed by atoms with E-state index in [4.69, 9.17) is 5.10 Å². The van der Waals surface area contributed by atoms with E-state index < -0.39 is 0 Å². The first kappa shape index (κ1) is 19.5. The van der Waals surface area contributed by atoms with Crippen molar-refractivity contribution >= 4 is 18.3 Å². The van der Waals surface area contributed by atoms with Crippen molar-refractivity contribution in [3.8, 4) is 5.69 Å². The highest BCUT2D eigenvalue weighted by Crippen LogP contribution is 2.26. The van der Waals surface area contributed by atoms with Crippen molar-refractivity contribution in [1.82, 2.24) is 20.4 Å². The number of rotatable bonds is 3. The molecule has 1 aliphatic rings. The third-order valence-electron chi connectivity index (χ3n) is 4.36. The Morgan fingerprint density at radius 1 is 1.28 bits per heavy atom. The van der Waals surface area contributed by atoms with Crippen LogP contribution in [0, 0.1) is 6.92 Å². The van der Waals surface area contributed by atoms with Gasteiger partial charge in [0, 0.05) is 24.2 Å². The molecular formula is C19H27ClN4O. The largest absolute Gasteiger partial charge is 0.348 e. The van der Waals surface area contributed by atoms with Gasteiger partial charge in [0.05, 0.1) is 16.9 Å². The van der Waals surface area contributed by atoms with Crippen molar-refractivity contribution in [1.29, 1.82) is 0 Å². The second kappa shape index (κ2) is 7.58. The monoisotopic (exact) mass is 362 g/mol. The zero-order chi connectivity index (χ0) is 17.3. The number of nitrogens with one attached hydrogen (secondary N) is 2. The molecule has 1 unspecified atom stereocenters. The van der Waals surface area contributed by atoms with Crippen LogP contribution in [-0.2, 0) is 5.41 Å². The molecular weight excluding hydrogens is 336 g/mol. The van der Waals surface area contributed by atoms with Gasteiger partial charge in [-0.05, 0) is 32.0 Å². The lowest BCUT2D eigenvalue weighted by Gasteiger charge is -2.18. The molecule has 1 aromatic heterocycles. The first-order chi connectivity index (χ1) is 11.3. The predicted molar refractivity (Wildman–Crippen MR) is 103 cm³/mol. The molecule has 0 radical (unpaired) electrons. The topological polar surface area (TPSA) is 59.0 Å². The van der Waals surface area contributed by atoms with Crippen LogP contribution < -0.4 is 10.6 Å². The van der Waals surface area contributed by atoms with E-state index in [2.05, 4.69) is 50.5 Å². The molecule has 5 nitrogen and oxygen atoms in total. The quantitative estimate of drug-likeness (QED) is 0.882. The number of aryl methyl sites for hydroxylation is 1. The van der Waals surface area contributed by atoms with Gasteiger partial charge in [-0.1, -0.05) is 38.5 Å². The zero-order valence-electron chi connectivity index (χ0n) is 15.3. The van der Waals surface area contributed by atoms with Crippen LogP contribution in [0.3, 0.4) is 0 Å². The third-order valence-corrected chi connectivity index (χ3v) is 4.36. The summed E-state index contributed by atoms with van der Waals surface area (Å²) in [5.41, 5.74) is 3.46. The highest BCUT2D eigenvalue weighted by Gasteiger charge is 2.28. The second-order valence-electron chi connectivity index (χ2n) is 7.58. The average Bonchev–Trinajstić information content (AvgIpc) is 3.16. The van der Waals surface area contributed by atoms with E-state index >= 15 is 0 Å². The minimum atomic E-state index is -0.198. The van der Waals surface area contributed by atoms with E-state index in [0.29, 0.717) is 5.56 Å². The molecule has 0 saturated carbocycles. The highest BCUT2D eigenvalue weighted by atomic mass is 35.5. The molecule has 0 spiro atoms. The Hall–Kier alpha value is -1.85. The van der Waals surface area contributed by atoms with Crippen LogP contribution in [0.4, 0.5) is 0 Å². The second-order valence-corrected chi connectivity index (χ2v) is 7.58. The maximum atomic E-state index is 12.8. The Bertz CT molecular complexity index is 725. The van der Waals surface area contributed by atoms with Crippen LogP contribution in [0.25, 0.3) is 5.69 Å². The van der Waals surface area contributed by atoms with Gasteiger partial charge < -0.3 is 10.6 Å². The molecule has 2 aromatic rings. The van der Waals surface area contributed by atoms with Crippen molar-refractivity contribution in [3.05, 3.63) is 47.3 Å². The van der Waals surface area contributed by atoms with Gasteiger partial charge in [-0.15, -0.1) is 12.4 Å². The molecule has 1 fully saturated rings. The fraction of sp³-hybridized carbons (Fsp3) is 0.474. The molecule has 1 amide bonds. The normalized spacial score (nSPS) is 17.2. The molecule has 3 rings (SSSR count). The maximum absolute atomic E-state index is 12.8. The summed E-state index contributed by atoms with van der Waals surface area (Å²) >= 11 is 0. The average molecular weight is 363 g/mol. The zero-order valence-corrected chi connectivity index (χ0v) is 16.1. The van der Waals surface area contributed by atoms with Crippen LogP contribution in [-0.4, -0.2) is 34.8 Å². The van der Waals surface area contributed by atoms with Crippen molar-refractivity contribution < 1.29 is 4.79 Å². The van der Waals surface area contributed by atoms with Gasteiger partial charge in [0.1, 0.15) is 0 Å². The Morgan fingerprint density at radius 2 is 1.96 bits per heavy atom. The lowest BCUT2D eigenvalue weighted by atomic mass is 9.89. The lowest BCUT2D eigenvalue weighted by molar-refractivity contribution is 0.0938. The molecule has 2 heterocycles. The van der Waals surface area contributed by atoms with Gasteiger partial charge in [0.2, 0.25) is 0 Å². The summed E-state index contributed by atoms with van der Waals surface area (Å²) in [6, 6.07) is 8.36. The van der Waals surface area contributed by atoms with Crippen LogP contribution in [0.15, 0.2) is 30.5 Å². The number of aromatic nitrogens is 2. The summed E-state index contributed by atoms with van der Waals surface area (Å²) in [6.07, 6.45) is 2.83. The molecule has 1 aliphatic heterocycles. The molecule has 25 heavy (non-hydrogen) atoms. The highest BCUT2D eigenvalue weighted by molar-refractivity contribution is 5.95. The number of nitrogens with zero attached hydrogens (tertiary/aromatic N) is 2. The van der Waals surface area contributed by atoms with E-state index in [1.54, 1.807) is 0 Å². The van der Waals surface area contributed by atoms with Gasteiger partial charge in [-0.3, -0.25) is 4.79 Å². The van der Waals surface area contributed by atoms with Gasteiger partial charge in [0.15, 0.2) is 0 Å². The molecule has 0 aliphatic carbocycles. The van der Waals surface area contributed by atoms with Crippen molar-refractivity contribution in [2.45, 2.75) is 45.6 Å². The first-order valence-electron chi connectivity index (χ1n) is 8.53. The van der Waals surface area contributed by atoms with E-state index in [9.17, 15) is 4.79 Å². The van der Waals surface area contributed by atoms with E-state index in [1.807, 2.05) is 23.0 Å². The maximum Gasteiger partial charge on any atom is 0.255 e. The Kier molecular flexibility index (Phi) is 5.91. The Morgan fingerprint density at radius 3 is 2.52 bits per heavy atom. The summed E-state index contributed by atoms with van der Waals surface area (Å²) in [6.45, 7) is 10.1. The van der Waals surface area contributed by atoms with Gasteiger partial charge >= 0.3 is 0 Å². The molecule has 6 heteroatoms. The smallest absolute Gasteiger partial charge is 0.255 e. The molecule has 1 saturated heterocycles. The van der Waals surface area contributed by atoms with Crippen molar-refractivity contribution in [2.24, 2.45) is 0 Å². The molecule has 136 valence electrons. The Labute approximate surface area is 155 Å². The van der Waals surface area contributed by atoms with Gasteiger partial charge in [-0.2, -0.15) is 5.10 Å². The first-order valence-corrected chi connectivity index (χ1v) is 8.53.